The Kier molecular flexibility index (Phi) is 6.01. The molecule has 0 saturated carbocycles. The van der Waals surface area contributed by atoms with Gasteiger partial charge in [-0.25, -0.2) is 0 Å². The van der Waals surface area contributed by atoms with Crippen molar-refractivity contribution in [3.05, 3.63) is 69.1 Å². The van der Waals surface area contributed by atoms with Gasteiger partial charge in [0.05, 0.1) is 0 Å². The van der Waals surface area contributed by atoms with E-state index in [1.807, 2.05) is 30.3 Å². The molecule has 1 aromatic heterocycles. The first kappa shape index (κ1) is 20.3. The van der Waals surface area contributed by atoms with Crippen molar-refractivity contribution in [1.82, 2.24) is 9.88 Å². The van der Waals surface area contributed by atoms with Gasteiger partial charge in [-0.3, -0.25) is 14.4 Å². The molecule has 28 heavy (non-hydrogen) atoms. The normalized spacial score (nSPS) is 21.2. The van der Waals surface area contributed by atoms with Gasteiger partial charge in [0.15, 0.2) is 5.78 Å². The summed E-state index contributed by atoms with van der Waals surface area (Å²) in [6.45, 7) is 1.51. The number of amides is 1. The fourth-order valence-corrected chi connectivity index (χ4v) is 4.26. The number of nitrogens with one attached hydrogen (secondary N) is 1. The van der Waals surface area contributed by atoms with Crippen molar-refractivity contribution in [3.63, 3.8) is 0 Å². The van der Waals surface area contributed by atoms with Crippen LogP contribution in [0.5, 0.6) is 0 Å². The quantitative estimate of drug-likeness (QED) is 0.823. The zero-order valence-electron chi connectivity index (χ0n) is 15.5. The summed E-state index contributed by atoms with van der Waals surface area (Å²) in [7, 11) is 0. The van der Waals surface area contributed by atoms with Crippen LogP contribution in [-0.2, 0) is 6.42 Å². The lowest BCUT2D eigenvalue weighted by atomic mass is 9.89. The number of fused-ring (bicyclic) bond motifs is 1. The lowest BCUT2D eigenvalue weighted by Gasteiger charge is -2.19. The van der Waals surface area contributed by atoms with Gasteiger partial charge in [0.2, 0.25) is 0 Å². The first-order valence-corrected chi connectivity index (χ1v) is 9.42. The molecule has 4 rings (SSSR count). The smallest absolute Gasteiger partial charge is 0.261 e. The standard InChI is InChI=1S/C21H23N3O3.ClH/c22-10-14-11-24(12-17(14)13-5-2-1-3-6-13)21(27)16-9-15-18(23-20(16)26)7-4-8-19(15)25;/h1-3,5-6,9,14,17H,4,7-8,10-12,22H2,(H,23,26);1H/t14-,17+;/m1./s1. The van der Waals surface area contributed by atoms with Crippen LogP contribution in [0.25, 0.3) is 0 Å². The Morgan fingerprint density at radius 3 is 2.61 bits per heavy atom. The number of carbonyl (C=O) groups excluding carboxylic acids is 2. The van der Waals surface area contributed by atoms with Gasteiger partial charge >= 0.3 is 0 Å². The van der Waals surface area contributed by atoms with Crippen molar-refractivity contribution in [2.75, 3.05) is 19.6 Å². The number of Topliss-reactive ketones (excluding diaryl/α,β-unsaturated/α-hetero) is 1. The summed E-state index contributed by atoms with van der Waals surface area (Å²) in [4.78, 5) is 42.1. The van der Waals surface area contributed by atoms with Crippen LogP contribution in [0.1, 0.15) is 50.7 Å². The van der Waals surface area contributed by atoms with Crippen molar-refractivity contribution < 1.29 is 9.59 Å². The Morgan fingerprint density at radius 1 is 1.14 bits per heavy atom. The van der Waals surface area contributed by atoms with E-state index in [9.17, 15) is 14.4 Å². The Bertz CT molecular complexity index is 942. The van der Waals surface area contributed by atoms with Crippen LogP contribution < -0.4 is 11.3 Å². The summed E-state index contributed by atoms with van der Waals surface area (Å²) in [5, 5.41) is 0. The number of ketones is 1. The third-order valence-electron chi connectivity index (χ3n) is 5.74. The minimum Gasteiger partial charge on any atom is -0.337 e. The minimum atomic E-state index is -0.416. The first-order valence-electron chi connectivity index (χ1n) is 9.42. The van der Waals surface area contributed by atoms with E-state index in [0.29, 0.717) is 43.7 Å². The second kappa shape index (κ2) is 8.29. The van der Waals surface area contributed by atoms with Gasteiger partial charge in [-0.1, -0.05) is 30.3 Å². The molecule has 1 aliphatic heterocycles. The molecule has 2 heterocycles. The van der Waals surface area contributed by atoms with Crippen molar-refractivity contribution in [1.29, 1.82) is 0 Å². The van der Waals surface area contributed by atoms with Gasteiger partial charge in [0.1, 0.15) is 5.56 Å². The number of aromatic amines is 1. The SMILES string of the molecule is Cl.NC[C@@H]1CN(C(=O)c2cc3c([nH]c2=O)CCCC3=O)C[C@H]1c1ccccc1. The average Bonchev–Trinajstić information content (AvgIpc) is 3.12. The molecule has 148 valence electrons. The van der Waals surface area contributed by atoms with E-state index < -0.39 is 5.56 Å². The van der Waals surface area contributed by atoms with Gasteiger partial charge in [0.25, 0.3) is 11.5 Å². The molecule has 2 aliphatic rings. The molecule has 0 radical (unpaired) electrons. The van der Waals surface area contributed by atoms with Gasteiger partial charge < -0.3 is 15.6 Å². The van der Waals surface area contributed by atoms with Crippen LogP contribution in [0.3, 0.4) is 0 Å². The number of hydrogen-bond acceptors (Lipinski definition) is 4. The molecule has 2 aromatic rings. The van der Waals surface area contributed by atoms with Crippen LogP contribution in [0.2, 0.25) is 0 Å². The number of nitrogens with zero attached hydrogens (tertiary/aromatic N) is 1. The molecule has 1 amide bonds. The summed E-state index contributed by atoms with van der Waals surface area (Å²) in [5.41, 5.74) is 7.87. The molecule has 1 aromatic carbocycles. The zero-order valence-corrected chi connectivity index (χ0v) is 16.3. The number of aryl methyl sites for hydroxylation is 1. The zero-order chi connectivity index (χ0) is 19.0. The van der Waals surface area contributed by atoms with E-state index in [1.54, 1.807) is 4.90 Å². The predicted octanol–water partition coefficient (Wildman–Crippen LogP) is 2.13. The fourth-order valence-electron chi connectivity index (χ4n) is 4.26. The van der Waals surface area contributed by atoms with Crippen molar-refractivity contribution in [3.8, 4) is 0 Å². The molecule has 3 N–H and O–H groups in total. The molecular weight excluding hydrogens is 378 g/mol. The average molecular weight is 402 g/mol. The monoisotopic (exact) mass is 401 g/mol. The molecule has 0 unspecified atom stereocenters. The Balaban J connectivity index is 0.00000225. The number of nitrogens with two attached hydrogens (primary N) is 1. The molecule has 1 aliphatic carbocycles. The number of aromatic nitrogens is 1. The number of benzene rings is 1. The summed E-state index contributed by atoms with van der Waals surface area (Å²) in [6, 6.07) is 11.5. The first-order chi connectivity index (χ1) is 13.1. The number of rotatable bonds is 3. The number of carbonyl (C=O) groups is 2. The maximum absolute atomic E-state index is 13.1. The second-order valence-corrected chi connectivity index (χ2v) is 7.40. The van der Waals surface area contributed by atoms with Gasteiger partial charge in [-0.15, -0.1) is 12.4 Å². The summed E-state index contributed by atoms with van der Waals surface area (Å²) >= 11 is 0. The van der Waals surface area contributed by atoms with Crippen molar-refractivity contribution in [2.45, 2.75) is 25.2 Å². The van der Waals surface area contributed by atoms with Crippen LogP contribution in [0.15, 0.2) is 41.2 Å². The Morgan fingerprint density at radius 2 is 1.89 bits per heavy atom. The predicted molar refractivity (Wildman–Crippen MR) is 109 cm³/mol. The maximum atomic E-state index is 13.1. The van der Waals surface area contributed by atoms with Crippen molar-refractivity contribution in [2.24, 2.45) is 11.7 Å². The number of likely N-dealkylation sites (tertiary alicyclic amines) is 1. The van der Waals surface area contributed by atoms with Gasteiger partial charge in [0, 0.05) is 36.7 Å². The highest BCUT2D eigenvalue weighted by atomic mass is 35.5. The van der Waals surface area contributed by atoms with Gasteiger partial charge in [-0.2, -0.15) is 0 Å². The molecule has 7 heteroatoms. The molecule has 0 bridgehead atoms. The lowest BCUT2D eigenvalue weighted by molar-refractivity contribution is 0.0784. The molecule has 6 nitrogen and oxygen atoms in total. The Labute approximate surface area is 169 Å². The molecule has 1 fully saturated rings. The van der Waals surface area contributed by atoms with E-state index in [0.717, 1.165) is 12.0 Å². The van der Waals surface area contributed by atoms with Crippen LogP contribution in [0.4, 0.5) is 0 Å². The second-order valence-electron chi connectivity index (χ2n) is 7.40. The highest BCUT2D eigenvalue weighted by Crippen LogP contribution is 2.32. The van der Waals surface area contributed by atoms with E-state index in [-0.39, 0.29) is 41.5 Å². The maximum Gasteiger partial charge on any atom is 0.261 e. The van der Waals surface area contributed by atoms with Gasteiger partial charge in [-0.05, 0) is 36.9 Å². The number of hydrogen-bond donors (Lipinski definition) is 2. The van der Waals surface area contributed by atoms with Crippen LogP contribution in [0, 0.1) is 5.92 Å². The topological polar surface area (TPSA) is 96.3 Å². The third kappa shape index (κ3) is 3.62. The molecule has 0 spiro atoms. The third-order valence-corrected chi connectivity index (χ3v) is 5.74. The van der Waals surface area contributed by atoms with E-state index in [4.69, 9.17) is 5.73 Å². The minimum absolute atomic E-state index is 0. The summed E-state index contributed by atoms with van der Waals surface area (Å²) in [6.07, 6.45) is 1.86. The van der Waals surface area contributed by atoms with Crippen LogP contribution in [-0.4, -0.2) is 41.2 Å². The van der Waals surface area contributed by atoms with E-state index in [1.165, 1.54) is 6.07 Å². The van der Waals surface area contributed by atoms with E-state index >= 15 is 0 Å². The van der Waals surface area contributed by atoms with Crippen LogP contribution >= 0.6 is 12.4 Å². The molecule has 1 saturated heterocycles. The highest BCUT2D eigenvalue weighted by molar-refractivity contribution is 6.01. The van der Waals surface area contributed by atoms with E-state index in [2.05, 4.69) is 4.98 Å². The Hall–Kier alpha value is -2.44. The molecular formula is C21H24ClN3O3. The summed E-state index contributed by atoms with van der Waals surface area (Å²) < 4.78 is 0. The van der Waals surface area contributed by atoms with Crippen molar-refractivity contribution >= 4 is 24.1 Å². The fraction of sp³-hybridized carbons (Fsp3) is 0.381. The highest BCUT2D eigenvalue weighted by Gasteiger charge is 2.36. The lowest BCUT2D eigenvalue weighted by Crippen LogP contribution is -2.35. The number of H-pyrrole nitrogens is 1. The summed E-state index contributed by atoms with van der Waals surface area (Å²) in [5.74, 6) is -0.0348. The number of halogens is 1. The number of pyridine rings is 1. The molecule has 2 atom stereocenters. The largest absolute Gasteiger partial charge is 0.337 e.